The number of ether oxygens (including phenoxy) is 1. The zero-order valence-corrected chi connectivity index (χ0v) is 28.6. The SMILES string of the molecule is C#CC#CC#Cc1ccc2c(c1)N(CCCCS(=O)(=O)O)C(=CC(=Cc1sc3ccc4ccccc4c3[n+]1CCCS(=O)(=O)O)CC)O2. The Morgan fingerprint density at radius 3 is 2.50 bits per heavy atom. The molecule has 0 amide bonds. The normalized spacial score (nSPS) is 13.8. The number of rotatable bonds is 12. The number of terminal acetylenes is 1. The number of fused-ring (bicyclic) bond motifs is 4. The van der Waals surface area contributed by atoms with Crippen LogP contribution in [0.5, 0.6) is 5.75 Å². The molecule has 0 bridgehead atoms. The summed E-state index contributed by atoms with van der Waals surface area (Å²) >= 11 is 1.59. The Kier molecular flexibility index (Phi) is 10.9. The van der Waals surface area contributed by atoms with E-state index in [9.17, 15) is 25.9 Å². The second-order valence-corrected chi connectivity index (χ2v) is 15.2. The fourth-order valence-electron chi connectivity index (χ4n) is 5.41. The molecule has 0 fully saturated rings. The summed E-state index contributed by atoms with van der Waals surface area (Å²) in [7, 11) is -8.20. The molecule has 0 aliphatic carbocycles. The number of hydrogen-bond acceptors (Lipinski definition) is 7. The maximum absolute atomic E-state index is 11.6. The van der Waals surface area contributed by atoms with Gasteiger partial charge >= 0.3 is 0 Å². The Bertz CT molecular complexity index is 2330. The van der Waals surface area contributed by atoms with Crippen molar-refractivity contribution in [3.8, 4) is 41.8 Å². The van der Waals surface area contributed by atoms with Crippen LogP contribution in [0.4, 0.5) is 5.69 Å². The van der Waals surface area contributed by atoms with Crippen molar-refractivity contribution in [2.75, 3.05) is 23.0 Å². The molecule has 5 rings (SSSR count). The van der Waals surface area contributed by atoms with Crippen molar-refractivity contribution in [1.82, 2.24) is 0 Å². The Morgan fingerprint density at radius 1 is 0.979 bits per heavy atom. The van der Waals surface area contributed by atoms with E-state index in [0.717, 1.165) is 37.3 Å². The third kappa shape index (κ3) is 8.84. The topological polar surface area (TPSA) is 125 Å². The van der Waals surface area contributed by atoms with E-state index in [1.165, 1.54) is 0 Å². The highest BCUT2D eigenvalue weighted by molar-refractivity contribution is 7.86. The quantitative estimate of drug-likeness (QED) is 0.0821. The van der Waals surface area contributed by atoms with Gasteiger partial charge in [-0.15, -0.1) is 6.42 Å². The predicted molar refractivity (Wildman–Crippen MR) is 190 cm³/mol. The lowest BCUT2D eigenvalue weighted by atomic mass is 10.1. The molecule has 12 heteroatoms. The van der Waals surface area contributed by atoms with Gasteiger partial charge in [0.25, 0.3) is 25.2 Å². The molecule has 2 heterocycles. The summed E-state index contributed by atoms with van der Waals surface area (Å²) < 4.78 is 73.9. The fraction of sp³-hybridized carbons (Fsp3) is 0.250. The first-order valence-corrected chi connectivity index (χ1v) is 19.2. The molecule has 0 unspecified atom stereocenters. The summed E-state index contributed by atoms with van der Waals surface area (Å²) in [6.45, 7) is 2.83. The van der Waals surface area contributed by atoms with E-state index in [2.05, 4.69) is 52.4 Å². The number of hydrogen-bond donors (Lipinski definition) is 2. The lowest BCUT2D eigenvalue weighted by molar-refractivity contribution is -0.667. The van der Waals surface area contributed by atoms with Gasteiger partial charge in [-0.2, -0.15) is 21.4 Å². The Morgan fingerprint density at radius 2 is 1.75 bits per heavy atom. The summed E-state index contributed by atoms with van der Waals surface area (Å²) in [4.78, 5) is 1.96. The van der Waals surface area contributed by atoms with E-state index in [-0.39, 0.29) is 24.3 Å². The summed E-state index contributed by atoms with van der Waals surface area (Å²) in [6.07, 6.45) is 10.8. The average molecular weight is 702 g/mol. The van der Waals surface area contributed by atoms with Crippen LogP contribution in [0.2, 0.25) is 0 Å². The highest BCUT2D eigenvalue weighted by Gasteiger charge is 2.28. The molecule has 246 valence electrons. The van der Waals surface area contributed by atoms with Gasteiger partial charge in [0.15, 0.2) is 12.3 Å². The van der Waals surface area contributed by atoms with Crippen molar-refractivity contribution in [3.05, 3.63) is 82.7 Å². The molecule has 1 aliphatic rings. The molecule has 2 N–H and O–H groups in total. The van der Waals surface area contributed by atoms with E-state index >= 15 is 0 Å². The molecule has 1 aromatic heterocycles. The van der Waals surface area contributed by atoms with Gasteiger partial charge in [-0.3, -0.25) is 9.11 Å². The molecule has 0 saturated carbocycles. The smallest absolute Gasteiger partial charge is 0.265 e. The van der Waals surface area contributed by atoms with Gasteiger partial charge in [-0.05, 0) is 84.2 Å². The van der Waals surface area contributed by atoms with Gasteiger partial charge in [0.2, 0.25) is 11.4 Å². The number of anilines is 1. The maximum atomic E-state index is 11.6. The van der Waals surface area contributed by atoms with Crippen molar-refractivity contribution >= 4 is 64.3 Å². The van der Waals surface area contributed by atoms with E-state index in [1.54, 1.807) is 11.3 Å². The van der Waals surface area contributed by atoms with Gasteiger partial charge < -0.3 is 9.64 Å². The first kappa shape index (κ1) is 34.7. The first-order valence-electron chi connectivity index (χ1n) is 15.2. The number of unbranched alkanes of at least 4 members (excludes halogenated alkanes) is 1. The van der Waals surface area contributed by atoms with Gasteiger partial charge in [0.05, 0.1) is 22.6 Å². The maximum Gasteiger partial charge on any atom is 0.265 e. The zero-order valence-electron chi connectivity index (χ0n) is 26.1. The Hall–Kier alpha value is -4.61. The van der Waals surface area contributed by atoms with Gasteiger partial charge in [-0.1, -0.05) is 48.4 Å². The van der Waals surface area contributed by atoms with Crippen LogP contribution in [-0.4, -0.2) is 44.0 Å². The van der Waals surface area contributed by atoms with Crippen LogP contribution in [0.25, 0.3) is 27.1 Å². The monoisotopic (exact) mass is 701 g/mol. The van der Waals surface area contributed by atoms with E-state index in [4.69, 9.17) is 11.2 Å². The van der Waals surface area contributed by atoms with Gasteiger partial charge in [0.1, 0.15) is 4.70 Å². The Labute approximate surface area is 285 Å². The molecule has 0 saturated heterocycles. The van der Waals surface area contributed by atoms with Crippen LogP contribution in [-0.2, 0) is 26.8 Å². The number of thiazole rings is 1. The number of aromatic nitrogens is 1. The van der Waals surface area contributed by atoms with E-state index in [0.29, 0.717) is 43.1 Å². The molecule has 9 nitrogen and oxygen atoms in total. The largest absolute Gasteiger partial charge is 0.439 e. The molecule has 1 aliphatic heterocycles. The summed E-state index contributed by atoms with van der Waals surface area (Å²) in [6, 6.07) is 17.7. The van der Waals surface area contributed by atoms with Crippen LogP contribution in [0.3, 0.4) is 0 Å². The van der Waals surface area contributed by atoms with Crippen LogP contribution < -0.4 is 14.2 Å². The van der Waals surface area contributed by atoms with Gasteiger partial charge in [0, 0.05) is 30.7 Å². The average Bonchev–Trinajstić information content (AvgIpc) is 3.56. The summed E-state index contributed by atoms with van der Waals surface area (Å²) in [5.74, 6) is 13.5. The van der Waals surface area contributed by atoms with Crippen molar-refractivity contribution in [1.29, 1.82) is 0 Å². The van der Waals surface area contributed by atoms with Crippen LogP contribution in [0.15, 0.2) is 72.1 Å². The second kappa shape index (κ2) is 15.1. The molecule has 3 aromatic carbocycles. The predicted octanol–water partition coefficient (Wildman–Crippen LogP) is 5.81. The van der Waals surface area contributed by atoms with Crippen molar-refractivity contribution < 1.29 is 35.2 Å². The molecular formula is C36H33N2O7S3+. The van der Waals surface area contributed by atoms with Crippen LogP contribution in [0, 0.1) is 36.0 Å². The minimum atomic E-state index is -4.12. The minimum absolute atomic E-state index is 0.233. The lowest BCUT2D eigenvalue weighted by Crippen LogP contribution is -2.36. The minimum Gasteiger partial charge on any atom is -0.439 e. The van der Waals surface area contributed by atoms with Gasteiger partial charge in [-0.25, -0.2) is 0 Å². The molecule has 0 spiro atoms. The number of allylic oxidation sites excluding steroid dienone is 2. The fourth-order valence-corrected chi connectivity index (χ4v) is 7.66. The standard InChI is InChI=1S/C36H32N2O7S3/c1-3-5-6-7-13-28-16-18-32-31(24-28)37(20-10-11-22-47(39,40)41)34(45-32)25-27(4-2)26-35-38(21-12-23-48(42,43)44)36-30-15-9-8-14-29(30)17-19-33(36)46-35/h1,8-9,14-19,24-26H,4,10-12,20-23H2,2H3,(H-,39,40,41,42,43,44)/p+1. The molecule has 0 atom stereocenters. The molecular weight excluding hydrogens is 669 g/mol. The first-order chi connectivity index (χ1) is 23.0. The van der Waals surface area contributed by atoms with Crippen molar-refractivity contribution in [2.45, 2.75) is 39.2 Å². The molecule has 0 radical (unpaired) electrons. The zero-order chi connectivity index (χ0) is 34.3. The summed E-state index contributed by atoms with van der Waals surface area (Å²) in [5, 5.41) is 3.02. The number of nitrogens with zero attached hydrogens (tertiary/aromatic N) is 2. The van der Waals surface area contributed by atoms with E-state index < -0.39 is 20.2 Å². The molecule has 48 heavy (non-hydrogen) atoms. The van der Waals surface area contributed by atoms with Crippen LogP contribution >= 0.6 is 11.3 Å². The van der Waals surface area contributed by atoms with E-state index in [1.807, 2.05) is 60.4 Å². The second-order valence-electron chi connectivity index (χ2n) is 11.0. The van der Waals surface area contributed by atoms with Crippen molar-refractivity contribution in [2.24, 2.45) is 0 Å². The van der Waals surface area contributed by atoms with Crippen LogP contribution in [0.1, 0.15) is 43.2 Å². The van der Waals surface area contributed by atoms with Crippen molar-refractivity contribution in [3.63, 3.8) is 0 Å². The highest BCUT2D eigenvalue weighted by Crippen LogP contribution is 2.40. The summed E-state index contributed by atoms with van der Waals surface area (Å²) in [5.41, 5.74) is 3.38. The third-order valence-electron chi connectivity index (χ3n) is 7.59. The number of aryl methyl sites for hydroxylation is 1. The Balaban J connectivity index is 1.55. The third-order valence-corrected chi connectivity index (χ3v) is 10.3. The number of benzene rings is 3. The molecule has 4 aromatic rings. The highest BCUT2D eigenvalue weighted by atomic mass is 32.2. The lowest BCUT2D eigenvalue weighted by Gasteiger charge is -2.18.